The first-order valence-corrected chi connectivity index (χ1v) is 34.9. The van der Waals surface area contributed by atoms with Crippen LogP contribution in [0.4, 0.5) is 0 Å². The third kappa shape index (κ3) is 38.4. The van der Waals surface area contributed by atoms with Gasteiger partial charge in [0.05, 0.1) is 0 Å². The Kier molecular flexibility index (Phi) is 48.6. The van der Waals surface area contributed by atoms with E-state index >= 15 is 0 Å². The van der Waals surface area contributed by atoms with Gasteiger partial charge in [0.2, 0.25) is 0 Å². The van der Waals surface area contributed by atoms with Crippen molar-refractivity contribution in [3.63, 3.8) is 0 Å². The molecule has 1 atom stereocenters. The lowest BCUT2D eigenvalue weighted by atomic mass is 9.78. The first-order chi connectivity index (χ1) is 46.2. The molecule has 0 bridgehead atoms. The molecule has 0 aliphatic carbocycles. The molecule has 0 aromatic heterocycles. The maximum Gasteiger partial charge on any atom is 0.127 e. The maximum absolute atomic E-state index is 5.97. The monoisotopic (exact) mass is 1400 g/mol. The van der Waals surface area contributed by atoms with Crippen LogP contribution < -0.4 is 14.2 Å². The molecule has 0 aliphatic heterocycles. The lowest BCUT2D eigenvalue weighted by Crippen LogP contribution is -2.18. The van der Waals surface area contributed by atoms with Crippen LogP contribution in [0.3, 0.4) is 0 Å². The summed E-state index contributed by atoms with van der Waals surface area (Å²) in [6.07, 6.45) is 6.45. The zero-order chi connectivity index (χ0) is 70.9. The van der Waals surface area contributed by atoms with E-state index in [-0.39, 0.29) is 57.4 Å². The quantitative estimate of drug-likeness (QED) is 0.102. The molecule has 3 heteroatoms. The fourth-order valence-electron chi connectivity index (χ4n) is 10.5. The van der Waals surface area contributed by atoms with E-state index in [0.717, 1.165) is 46.8 Å². The minimum absolute atomic E-state index is 0. The topological polar surface area (TPSA) is 27.7 Å². The van der Waals surface area contributed by atoms with Crippen LogP contribution in [0.15, 0.2) is 261 Å². The zero-order valence-corrected chi connectivity index (χ0v) is 62.7. The average molecular weight is 1400 g/mol. The van der Waals surface area contributed by atoms with Crippen molar-refractivity contribution in [3.05, 3.63) is 355 Å². The second kappa shape index (κ2) is 51.1. The van der Waals surface area contributed by atoms with Gasteiger partial charge >= 0.3 is 0 Å². The molecule has 0 spiro atoms. The molecule has 3 nitrogen and oxygen atoms in total. The van der Waals surface area contributed by atoms with Crippen molar-refractivity contribution in [2.75, 3.05) is 0 Å². The van der Waals surface area contributed by atoms with Gasteiger partial charge in [0.25, 0.3) is 0 Å². The lowest BCUT2D eigenvalue weighted by molar-refractivity contribution is 0.258. The van der Waals surface area contributed by atoms with Gasteiger partial charge in [0, 0.05) is 5.41 Å². The Morgan fingerprint density at radius 1 is 0.279 bits per heavy atom. The molecule has 0 N–H and O–H groups in total. The predicted octanol–water partition coefficient (Wildman–Crippen LogP) is 32.1. The van der Waals surface area contributed by atoms with E-state index < -0.39 is 0 Å². The largest absolute Gasteiger partial charge is 0.457 e. The second-order valence-corrected chi connectivity index (χ2v) is 27.9. The summed E-state index contributed by atoms with van der Waals surface area (Å²) < 4.78 is 17.6. The van der Waals surface area contributed by atoms with Crippen molar-refractivity contribution in [2.24, 2.45) is 11.3 Å². The smallest absolute Gasteiger partial charge is 0.127 e. The zero-order valence-electron chi connectivity index (χ0n) is 62.7. The number of ether oxygens (including phenoxy) is 3. The summed E-state index contributed by atoms with van der Waals surface area (Å²) in [6.45, 7) is 43.5. The highest BCUT2D eigenvalue weighted by atomic mass is 16.5. The van der Waals surface area contributed by atoms with E-state index in [4.69, 9.17) is 14.2 Å². The van der Waals surface area contributed by atoms with Crippen molar-refractivity contribution < 1.29 is 14.2 Å². The lowest BCUT2D eigenvalue weighted by Gasteiger charge is -2.26. The first kappa shape index (κ1) is 99.0. The summed E-state index contributed by atoms with van der Waals surface area (Å²) in [5.41, 5.74) is 22.7. The normalized spacial score (nSPS) is 10.1. The van der Waals surface area contributed by atoms with E-state index in [9.17, 15) is 0 Å². The van der Waals surface area contributed by atoms with Crippen molar-refractivity contribution in [1.29, 1.82) is 0 Å². The molecule has 11 aromatic rings. The summed E-state index contributed by atoms with van der Waals surface area (Å²) >= 11 is 0. The first-order valence-electron chi connectivity index (χ1n) is 34.9. The molecule has 0 heterocycles. The highest BCUT2D eigenvalue weighted by Crippen LogP contribution is 2.35. The SMILES string of the molecule is C.C.C.C.C.C.C.CCCC(C)CC(C)(C)CC.Cc1ccc(C)c(C)c1.Cc1ccc(C)cc1.Cc1ccc(Cc2ccc(C)cc2)cc1.Cc1ccc(Oc2ccc(C(C)(C)c3ccc(Oc4ccc(C)cc4)cc3)cc2)cc1.Cc1ccc(Oc2ccc(C)cc2)cc1.Cc1cccc(C)c1. The fourth-order valence-corrected chi connectivity index (χ4v) is 10.5. The summed E-state index contributed by atoms with van der Waals surface area (Å²) in [5.74, 6) is 6.04. The molecule has 0 saturated heterocycles. The minimum atomic E-state index is -0.134. The van der Waals surface area contributed by atoms with E-state index in [1.807, 2.05) is 97.1 Å². The van der Waals surface area contributed by atoms with Gasteiger partial charge in [0.15, 0.2) is 0 Å². The summed E-state index contributed by atoms with van der Waals surface area (Å²) in [7, 11) is 0. The van der Waals surface area contributed by atoms with Crippen LogP contribution in [0.1, 0.15) is 221 Å². The van der Waals surface area contributed by atoms with Crippen LogP contribution >= 0.6 is 0 Å². The van der Waals surface area contributed by atoms with Gasteiger partial charge in [-0.1, -0.05) is 369 Å². The summed E-state index contributed by atoms with van der Waals surface area (Å²) in [4.78, 5) is 0. The summed E-state index contributed by atoms with van der Waals surface area (Å²) in [5, 5.41) is 0. The standard InChI is InChI=1S/C29H28O2.C15H16.C14H14O.C11H24.C9H12.2C8H10.7CH4/c1-21-5-13-25(14-6-21)30-27-17-9-23(10-18-27)29(3,4)24-11-19-28(20-12-24)31-26-15-7-22(2)8-16-26;1-12-3-7-14(8-4-12)11-15-9-5-13(2)6-10-15;1-11-3-7-13(8-4-11)15-14-9-5-12(2)6-10-14;1-6-8-10(3)9-11(4,5)7-2;1-7-4-5-8(2)9(3)6-7;1-7-3-5-8(2)6-4-7;1-7-4-3-5-8(2)6-7;;;;;;;/h5-20H,1-4H3;3-10H,11H2,1-2H3;3-10H,1-2H3;10H,6-9H2,1-5H3;4-6H,1-3H3;2*3-6H,1-2H3;7*1H4. The number of hydrogen-bond acceptors (Lipinski definition) is 3. The molecule has 0 amide bonds. The van der Waals surface area contributed by atoms with Gasteiger partial charge in [0.1, 0.15) is 34.5 Å². The van der Waals surface area contributed by atoms with E-state index in [2.05, 4.69) is 302 Å². The van der Waals surface area contributed by atoms with Crippen molar-refractivity contribution >= 4 is 0 Å². The third-order valence-electron chi connectivity index (χ3n) is 17.3. The van der Waals surface area contributed by atoms with Crippen molar-refractivity contribution in [2.45, 2.75) is 228 Å². The number of aryl methyl sites for hydroxylation is 13. The van der Waals surface area contributed by atoms with Crippen LogP contribution in [-0.4, -0.2) is 0 Å². The Balaban J connectivity index is -0.00000121. The molecule has 11 rings (SSSR count). The van der Waals surface area contributed by atoms with Gasteiger partial charge in [-0.15, -0.1) is 0 Å². The fraction of sp³-hybridized carbons (Fsp3) is 0.347. The predicted molar refractivity (Wildman–Crippen MR) is 467 cm³/mol. The van der Waals surface area contributed by atoms with Gasteiger partial charge in [-0.3, -0.25) is 0 Å². The Morgan fingerprint density at radius 3 is 0.750 bits per heavy atom. The highest BCUT2D eigenvalue weighted by molar-refractivity contribution is 5.44. The van der Waals surface area contributed by atoms with Crippen LogP contribution in [-0.2, 0) is 11.8 Å². The second-order valence-electron chi connectivity index (χ2n) is 27.9. The summed E-state index contributed by atoms with van der Waals surface area (Å²) in [6, 6.07) is 89.9. The third-order valence-corrected chi connectivity index (χ3v) is 17.3. The number of rotatable bonds is 15. The van der Waals surface area contributed by atoms with E-state index in [1.54, 1.807) is 0 Å². The number of benzene rings is 11. The van der Waals surface area contributed by atoms with Crippen LogP contribution in [0, 0.1) is 101 Å². The van der Waals surface area contributed by atoms with Gasteiger partial charge in [-0.25, -0.2) is 0 Å². The highest BCUT2D eigenvalue weighted by Gasteiger charge is 2.23. The number of hydrogen-bond donors (Lipinski definition) is 0. The van der Waals surface area contributed by atoms with Crippen LogP contribution in [0.25, 0.3) is 0 Å². The minimum Gasteiger partial charge on any atom is -0.457 e. The molecule has 104 heavy (non-hydrogen) atoms. The molecule has 11 aromatic carbocycles. The average Bonchev–Trinajstić information content (AvgIpc) is 0.800. The Labute approximate surface area is 639 Å². The van der Waals surface area contributed by atoms with E-state index in [0.29, 0.717) is 5.41 Å². The van der Waals surface area contributed by atoms with Crippen molar-refractivity contribution in [3.8, 4) is 34.5 Å². The molecule has 1 unspecified atom stereocenters. The van der Waals surface area contributed by atoms with Crippen LogP contribution in [0.2, 0.25) is 0 Å². The van der Waals surface area contributed by atoms with Gasteiger partial charge in [-0.05, 0) is 220 Å². The van der Waals surface area contributed by atoms with Crippen molar-refractivity contribution in [1.82, 2.24) is 0 Å². The molecular weight excluding hydrogens is 1260 g/mol. The molecule has 0 saturated carbocycles. The Morgan fingerprint density at radius 2 is 0.519 bits per heavy atom. The molecule has 0 aliphatic rings. The van der Waals surface area contributed by atoms with Gasteiger partial charge in [-0.2, -0.15) is 0 Å². The van der Waals surface area contributed by atoms with Crippen LogP contribution in [0.5, 0.6) is 34.5 Å². The van der Waals surface area contributed by atoms with E-state index in [1.165, 1.54) is 120 Å². The Bertz CT molecular complexity index is 3640. The molecule has 0 radical (unpaired) electrons. The maximum atomic E-state index is 5.97. The molecule has 564 valence electrons. The molecule has 0 fully saturated rings. The van der Waals surface area contributed by atoms with Gasteiger partial charge < -0.3 is 14.2 Å². The molecular formula is C101H142O3. The Hall–Kier alpha value is -9.18.